The van der Waals surface area contributed by atoms with Crippen molar-refractivity contribution in [2.45, 2.75) is 44.2 Å². The molecule has 2 aliphatic heterocycles. The first kappa shape index (κ1) is 8.24. The number of hydrogen-bond acceptors (Lipinski definition) is 2. The predicted octanol–water partition coefficient (Wildman–Crippen LogP) is 2.05. The molecule has 0 saturated carbocycles. The van der Waals surface area contributed by atoms with Crippen molar-refractivity contribution < 1.29 is 0 Å². The van der Waals surface area contributed by atoms with E-state index >= 15 is 0 Å². The van der Waals surface area contributed by atoms with Crippen LogP contribution in [0.15, 0.2) is 4.99 Å². The zero-order valence-electron chi connectivity index (χ0n) is 7.76. The predicted molar refractivity (Wildman–Crippen MR) is 51.6 cm³/mol. The first-order chi connectivity index (χ1) is 5.87. The standard InChI is InChI=1S/C10H18N2/c1-11-10-6-2-4-8-12(10)9-5-3-7-10/h1-9H2. The van der Waals surface area contributed by atoms with Gasteiger partial charge in [0.2, 0.25) is 0 Å². The van der Waals surface area contributed by atoms with Gasteiger partial charge in [-0.05, 0) is 45.2 Å². The van der Waals surface area contributed by atoms with Crippen molar-refractivity contribution >= 4 is 6.72 Å². The Balaban J connectivity index is 2.15. The molecular weight excluding hydrogens is 148 g/mol. The molecule has 0 aromatic rings. The molecule has 0 spiro atoms. The van der Waals surface area contributed by atoms with Crippen molar-refractivity contribution in [3.05, 3.63) is 0 Å². The summed E-state index contributed by atoms with van der Waals surface area (Å²) < 4.78 is 0. The second-order valence-electron chi connectivity index (χ2n) is 4.04. The number of fused-ring (bicyclic) bond motifs is 1. The Morgan fingerprint density at radius 3 is 2.00 bits per heavy atom. The average molecular weight is 166 g/mol. The Labute approximate surface area is 74.7 Å². The summed E-state index contributed by atoms with van der Waals surface area (Å²) in [6, 6.07) is 0. The zero-order valence-corrected chi connectivity index (χ0v) is 7.76. The third kappa shape index (κ3) is 1.18. The summed E-state index contributed by atoms with van der Waals surface area (Å²) in [6.07, 6.45) is 7.90. The van der Waals surface area contributed by atoms with Gasteiger partial charge in [0.1, 0.15) is 5.66 Å². The highest BCUT2D eigenvalue weighted by Crippen LogP contribution is 2.36. The van der Waals surface area contributed by atoms with E-state index in [0.29, 0.717) is 0 Å². The van der Waals surface area contributed by atoms with Crippen LogP contribution in [0, 0.1) is 0 Å². The molecule has 0 aromatic heterocycles. The highest BCUT2D eigenvalue weighted by Gasteiger charge is 2.38. The second kappa shape index (κ2) is 3.17. The normalized spacial score (nSPS) is 29.3. The van der Waals surface area contributed by atoms with E-state index < -0.39 is 0 Å². The molecular formula is C10H18N2. The summed E-state index contributed by atoms with van der Waals surface area (Å²) in [7, 11) is 0. The van der Waals surface area contributed by atoms with Crippen LogP contribution in [0.5, 0.6) is 0 Å². The van der Waals surface area contributed by atoms with Gasteiger partial charge in [0.05, 0.1) is 0 Å². The third-order valence-corrected chi connectivity index (χ3v) is 3.39. The van der Waals surface area contributed by atoms with E-state index in [1.807, 2.05) is 0 Å². The van der Waals surface area contributed by atoms with E-state index in [0.717, 1.165) is 0 Å². The topological polar surface area (TPSA) is 15.6 Å². The first-order valence-electron chi connectivity index (χ1n) is 5.10. The van der Waals surface area contributed by atoms with Crippen molar-refractivity contribution in [1.82, 2.24) is 4.90 Å². The smallest absolute Gasteiger partial charge is 0.112 e. The van der Waals surface area contributed by atoms with E-state index in [-0.39, 0.29) is 5.66 Å². The quantitative estimate of drug-likeness (QED) is 0.544. The van der Waals surface area contributed by atoms with E-state index in [1.54, 1.807) is 0 Å². The lowest BCUT2D eigenvalue weighted by Gasteiger charge is -2.47. The van der Waals surface area contributed by atoms with Crippen LogP contribution in [0.3, 0.4) is 0 Å². The van der Waals surface area contributed by atoms with Crippen LogP contribution >= 0.6 is 0 Å². The Morgan fingerprint density at radius 2 is 1.58 bits per heavy atom. The Morgan fingerprint density at radius 1 is 1.00 bits per heavy atom. The molecule has 0 aromatic carbocycles. The zero-order chi connectivity index (χ0) is 8.44. The fraction of sp³-hybridized carbons (Fsp3) is 0.900. The minimum atomic E-state index is 0.163. The van der Waals surface area contributed by atoms with Crippen molar-refractivity contribution in [3.8, 4) is 0 Å². The summed E-state index contributed by atoms with van der Waals surface area (Å²) in [5, 5.41) is 0. The van der Waals surface area contributed by atoms with Crippen LogP contribution in [-0.2, 0) is 0 Å². The summed E-state index contributed by atoms with van der Waals surface area (Å²) in [4.78, 5) is 6.93. The molecule has 12 heavy (non-hydrogen) atoms. The fourth-order valence-electron chi connectivity index (χ4n) is 2.65. The number of piperidine rings is 2. The maximum Gasteiger partial charge on any atom is 0.112 e. The number of rotatable bonds is 1. The number of aliphatic imine (C=N–C) groups is 1. The molecule has 2 rings (SSSR count). The fourth-order valence-corrected chi connectivity index (χ4v) is 2.65. The van der Waals surface area contributed by atoms with Gasteiger partial charge in [-0.25, -0.2) is 0 Å². The van der Waals surface area contributed by atoms with Crippen LogP contribution in [0.25, 0.3) is 0 Å². The van der Waals surface area contributed by atoms with E-state index in [1.165, 1.54) is 51.6 Å². The lowest BCUT2D eigenvalue weighted by atomic mass is 9.87. The van der Waals surface area contributed by atoms with Gasteiger partial charge in [-0.1, -0.05) is 0 Å². The van der Waals surface area contributed by atoms with Gasteiger partial charge >= 0.3 is 0 Å². The molecule has 2 saturated heterocycles. The molecule has 0 amide bonds. The summed E-state index contributed by atoms with van der Waals surface area (Å²) in [6.45, 7) is 6.27. The Hall–Kier alpha value is -0.370. The Kier molecular flexibility index (Phi) is 2.18. The van der Waals surface area contributed by atoms with Gasteiger partial charge in [0, 0.05) is 13.1 Å². The van der Waals surface area contributed by atoms with Crippen molar-refractivity contribution in [3.63, 3.8) is 0 Å². The second-order valence-corrected chi connectivity index (χ2v) is 4.04. The number of hydrogen-bond donors (Lipinski definition) is 0. The van der Waals surface area contributed by atoms with Crippen molar-refractivity contribution in [2.24, 2.45) is 4.99 Å². The summed E-state index contributed by atoms with van der Waals surface area (Å²) >= 11 is 0. The maximum absolute atomic E-state index is 4.38. The maximum atomic E-state index is 4.38. The van der Waals surface area contributed by atoms with E-state index in [9.17, 15) is 0 Å². The molecule has 2 nitrogen and oxygen atoms in total. The van der Waals surface area contributed by atoms with Crippen molar-refractivity contribution in [2.75, 3.05) is 13.1 Å². The lowest BCUT2D eigenvalue weighted by Crippen LogP contribution is -2.52. The minimum absolute atomic E-state index is 0.163. The van der Waals surface area contributed by atoms with Crippen LogP contribution < -0.4 is 0 Å². The van der Waals surface area contributed by atoms with Crippen LogP contribution in [-0.4, -0.2) is 30.4 Å². The van der Waals surface area contributed by atoms with Gasteiger partial charge in [0.15, 0.2) is 0 Å². The summed E-state index contributed by atoms with van der Waals surface area (Å²) in [5.74, 6) is 0. The highest BCUT2D eigenvalue weighted by molar-refractivity contribution is 5.26. The monoisotopic (exact) mass is 166 g/mol. The van der Waals surface area contributed by atoms with Crippen LogP contribution in [0.4, 0.5) is 0 Å². The lowest BCUT2D eigenvalue weighted by molar-refractivity contribution is 0.0196. The van der Waals surface area contributed by atoms with Crippen molar-refractivity contribution in [1.29, 1.82) is 0 Å². The average Bonchev–Trinajstić information content (AvgIpc) is 2.18. The highest BCUT2D eigenvalue weighted by atomic mass is 15.3. The van der Waals surface area contributed by atoms with Gasteiger partial charge in [-0.3, -0.25) is 9.89 Å². The summed E-state index contributed by atoms with van der Waals surface area (Å²) in [5.41, 5.74) is 0.163. The third-order valence-electron chi connectivity index (χ3n) is 3.39. The van der Waals surface area contributed by atoms with Gasteiger partial charge in [-0.2, -0.15) is 0 Å². The Bertz CT molecular complexity index is 165. The van der Waals surface area contributed by atoms with Gasteiger partial charge in [0.25, 0.3) is 0 Å². The largest absolute Gasteiger partial charge is 0.279 e. The molecule has 0 N–H and O–H groups in total. The molecule has 0 atom stereocenters. The molecule has 2 heterocycles. The molecule has 0 unspecified atom stereocenters. The van der Waals surface area contributed by atoms with Crippen LogP contribution in [0.1, 0.15) is 38.5 Å². The molecule has 2 fully saturated rings. The molecule has 68 valence electrons. The van der Waals surface area contributed by atoms with Gasteiger partial charge < -0.3 is 0 Å². The SMILES string of the molecule is C=NC12CCCCN1CCCC2. The van der Waals surface area contributed by atoms with E-state index in [2.05, 4.69) is 16.6 Å². The first-order valence-corrected chi connectivity index (χ1v) is 5.10. The molecule has 0 bridgehead atoms. The molecule has 0 radical (unpaired) electrons. The minimum Gasteiger partial charge on any atom is -0.279 e. The molecule has 2 aliphatic rings. The van der Waals surface area contributed by atoms with Crippen LogP contribution in [0.2, 0.25) is 0 Å². The molecule has 0 aliphatic carbocycles. The van der Waals surface area contributed by atoms with Gasteiger partial charge in [-0.15, -0.1) is 0 Å². The molecule has 2 heteroatoms. The number of nitrogens with zero attached hydrogens (tertiary/aromatic N) is 2. The van der Waals surface area contributed by atoms with E-state index in [4.69, 9.17) is 0 Å².